The number of amides is 1. The number of carbonyl (C=O) groups excluding carboxylic acids is 1. The average Bonchev–Trinajstić information content (AvgIpc) is 2.45. The molecule has 1 amide bonds. The highest BCUT2D eigenvalue weighted by Gasteiger charge is 2.17. The summed E-state index contributed by atoms with van der Waals surface area (Å²) in [5, 5.41) is 2.75. The molecule has 24 heavy (non-hydrogen) atoms. The van der Waals surface area contributed by atoms with Crippen LogP contribution in [0.4, 0.5) is 5.69 Å². The Labute approximate surface area is 143 Å². The molecular formula is C18H22N2O3S. The molecule has 0 spiro atoms. The van der Waals surface area contributed by atoms with Crippen LogP contribution in [0.25, 0.3) is 0 Å². The molecule has 2 aromatic rings. The maximum atomic E-state index is 12.6. The van der Waals surface area contributed by atoms with Crippen molar-refractivity contribution in [3.05, 3.63) is 59.2 Å². The summed E-state index contributed by atoms with van der Waals surface area (Å²) in [4.78, 5) is 12.1. The number of nitrogens with one attached hydrogen (secondary N) is 2. The lowest BCUT2D eigenvalue weighted by Crippen LogP contribution is -2.30. The standard InChI is InChI=1S/C18H22N2O3S/c1-12(2)19-18(21)15-6-5-7-17(11-15)24(22,23)20-16-9-13(3)8-14(4)10-16/h5-12,20H,1-4H3,(H,19,21). The number of aryl methyl sites for hydroxylation is 2. The first-order valence-electron chi connectivity index (χ1n) is 7.69. The summed E-state index contributed by atoms with van der Waals surface area (Å²) in [6.07, 6.45) is 0. The Hall–Kier alpha value is -2.34. The van der Waals surface area contributed by atoms with Gasteiger partial charge in [0.05, 0.1) is 4.90 Å². The molecule has 2 rings (SSSR count). The predicted molar refractivity (Wildman–Crippen MR) is 95.8 cm³/mol. The summed E-state index contributed by atoms with van der Waals surface area (Å²) in [6, 6.07) is 11.5. The largest absolute Gasteiger partial charge is 0.350 e. The van der Waals surface area contributed by atoms with Crippen molar-refractivity contribution in [2.75, 3.05) is 4.72 Å². The monoisotopic (exact) mass is 346 g/mol. The first-order chi connectivity index (χ1) is 11.2. The lowest BCUT2D eigenvalue weighted by molar-refractivity contribution is 0.0943. The van der Waals surface area contributed by atoms with Gasteiger partial charge in [0, 0.05) is 17.3 Å². The average molecular weight is 346 g/mol. The van der Waals surface area contributed by atoms with Gasteiger partial charge in [0.1, 0.15) is 0 Å². The first-order valence-corrected chi connectivity index (χ1v) is 9.18. The van der Waals surface area contributed by atoms with Crippen LogP contribution in [0.15, 0.2) is 47.4 Å². The zero-order valence-corrected chi connectivity index (χ0v) is 15.1. The number of anilines is 1. The van der Waals surface area contributed by atoms with Crippen LogP contribution in [-0.4, -0.2) is 20.4 Å². The van der Waals surface area contributed by atoms with Gasteiger partial charge in [-0.1, -0.05) is 12.1 Å². The molecule has 0 radical (unpaired) electrons. The van der Waals surface area contributed by atoms with Crippen molar-refractivity contribution in [2.45, 2.75) is 38.6 Å². The Bertz CT molecular complexity index is 838. The molecule has 5 nitrogen and oxygen atoms in total. The van der Waals surface area contributed by atoms with Crippen molar-refractivity contribution in [3.8, 4) is 0 Å². The Morgan fingerprint density at radius 3 is 2.21 bits per heavy atom. The van der Waals surface area contributed by atoms with Crippen molar-refractivity contribution in [3.63, 3.8) is 0 Å². The van der Waals surface area contributed by atoms with Gasteiger partial charge in [0.2, 0.25) is 0 Å². The molecule has 0 saturated carbocycles. The van der Waals surface area contributed by atoms with Gasteiger partial charge >= 0.3 is 0 Å². The highest BCUT2D eigenvalue weighted by molar-refractivity contribution is 7.92. The Balaban J connectivity index is 2.31. The molecule has 6 heteroatoms. The number of benzene rings is 2. The summed E-state index contributed by atoms with van der Waals surface area (Å²) in [6.45, 7) is 7.50. The highest BCUT2D eigenvalue weighted by atomic mass is 32.2. The van der Waals surface area contributed by atoms with Crippen LogP contribution in [0.1, 0.15) is 35.3 Å². The third-order valence-corrected chi connectivity index (χ3v) is 4.68. The zero-order valence-electron chi connectivity index (χ0n) is 14.3. The fourth-order valence-electron chi connectivity index (χ4n) is 2.40. The van der Waals surface area contributed by atoms with Gasteiger partial charge < -0.3 is 5.32 Å². The number of rotatable bonds is 5. The van der Waals surface area contributed by atoms with E-state index in [0.717, 1.165) is 11.1 Å². The van der Waals surface area contributed by atoms with Crippen LogP contribution >= 0.6 is 0 Å². The van der Waals surface area contributed by atoms with Gasteiger partial charge in [0.15, 0.2) is 0 Å². The minimum absolute atomic E-state index is 0.0221. The lowest BCUT2D eigenvalue weighted by Gasteiger charge is -2.12. The number of sulfonamides is 1. The topological polar surface area (TPSA) is 75.3 Å². The Morgan fingerprint density at radius 2 is 1.62 bits per heavy atom. The van der Waals surface area contributed by atoms with E-state index in [1.807, 2.05) is 33.8 Å². The molecule has 2 aromatic carbocycles. The quantitative estimate of drug-likeness (QED) is 0.873. The fraction of sp³-hybridized carbons (Fsp3) is 0.278. The molecular weight excluding hydrogens is 324 g/mol. The summed E-state index contributed by atoms with van der Waals surface area (Å²) >= 11 is 0. The zero-order chi connectivity index (χ0) is 17.9. The van der Waals surface area contributed by atoms with Crippen molar-refractivity contribution in [2.24, 2.45) is 0 Å². The van der Waals surface area contributed by atoms with E-state index in [9.17, 15) is 13.2 Å². The minimum Gasteiger partial charge on any atom is -0.350 e. The van der Waals surface area contributed by atoms with E-state index in [-0.39, 0.29) is 16.8 Å². The number of carbonyl (C=O) groups is 1. The second-order valence-electron chi connectivity index (χ2n) is 6.14. The molecule has 0 aromatic heterocycles. The van der Waals surface area contributed by atoms with Crippen molar-refractivity contribution >= 4 is 21.6 Å². The lowest BCUT2D eigenvalue weighted by atomic mass is 10.1. The second-order valence-corrected chi connectivity index (χ2v) is 7.82. The number of hydrogen-bond acceptors (Lipinski definition) is 3. The summed E-state index contributed by atoms with van der Waals surface area (Å²) in [5.41, 5.74) is 2.76. The first kappa shape index (κ1) is 18.0. The summed E-state index contributed by atoms with van der Waals surface area (Å²) < 4.78 is 27.7. The van der Waals surface area contributed by atoms with Crippen LogP contribution in [0.3, 0.4) is 0 Å². The van der Waals surface area contributed by atoms with Gasteiger partial charge in [-0.05, 0) is 69.2 Å². The van der Waals surface area contributed by atoms with Crippen LogP contribution in [-0.2, 0) is 10.0 Å². The minimum atomic E-state index is -3.76. The molecule has 0 aliphatic heterocycles. The molecule has 0 fully saturated rings. The molecule has 128 valence electrons. The third kappa shape index (κ3) is 4.58. The van der Waals surface area contributed by atoms with Crippen molar-refractivity contribution < 1.29 is 13.2 Å². The van der Waals surface area contributed by atoms with E-state index in [0.29, 0.717) is 11.3 Å². The summed E-state index contributed by atoms with van der Waals surface area (Å²) in [7, 11) is -3.76. The van der Waals surface area contributed by atoms with E-state index < -0.39 is 10.0 Å². The Morgan fingerprint density at radius 1 is 1.00 bits per heavy atom. The molecule has 0 aliphatic carbocycles. The van der Waals surface area contributed by atoms with Gasteiger partial charge in [-0.3, -0.25) is 9.52 Å². The van der Waals surface area contributed by atoms with Gasteiger partial charge in [-0.2, -0.15) is 0 Å². The van der Waals surface area contributed by atoms with E-state index >= 15 is 0 Å². The molecule has 0 bridgehead atoms. The molecule has 0 saturated heterocycles. The fourth-order valence-corrected chi connectivity index (χ4v) is 3.48. The number of hydrogen-bond donors (Lipinski definition) is 2. The molecule has 0 heterocycles. The van der Waals surface area contributed by atoms with E-state index in [1.165, 1.54) is 12.1 Å². The van der Waals surface area contributed by atoms with Gasteiger partial charge in [-0.25, -0.2) is 8.42 Å². The third-order valence-electron chi connectivity index (χ3n) is 3.30. The van der Waals surface area contributed by atoms with Crippen LogP contribution in [0, 0.1) is 13.8 Å². The van der Waals surface area contributed by atoms with Crippen LogP contribution in [0.2, 0.25) is 0 Å². The maximum absolute atomic E-state index is 12.6. The van der Waals surface area contributed by atoms with E-state index in [2.05, 4.69) is 10.0 Å². The van der Waals surface area contributed by atoms with Crippen molar-refractivity contribution in [1.29, 1.82) is 0 Å². The normalized spacial score (nSPS) is 11.4. The smallest absolute Gasteiger partial charge is 0.261 e. The predicted octanol–water partition coefficient (Wildman–Crippen LogP) is 3.24. The van der Waals surface area contributed by atoms with Gasteiger partial charge in [0.25, 0.3) is 15.9 Å². The van der Waals surface area contributed by atoms with Gasteiger partial charge in [-0.15, -0.1) is 0 Å². The van der Waals surface area contributed by atoms with Crippen LogP contribution in [0.5, 0.6) is 0 Å². The SMILES string of the molecule is Cc1cc(C)cc(NS(=O)(=O)c2cccc(C(=O)NC(C)C)c2)c1. The van der Waals surface area contributed by atoms with E-state index in [4.69, 9.17) is 0 Å². The molecule has 0 unspecified atom stereocenters. The molecule has 0 atom stereocenters. The second kappa shape index (κ2) is 7.05. The molecule has 0 aliphatic rings. The van der Waals surface area contributed by atoms with Crippen molar-refractivity contribution in [1.82, 2.24) is 5.32 Å². The van der Waals surface area contributed by atoms with E-state index in [1.54, 1.807) is 24.3 Å². The maximum Gasteiger partial charge on any atom is 0.261 e. The highest BCUT2D eigenvalue weighted by Crippen LogP contribution is 2.19. The Kier molecular flexibility index (Phi) is 5.29. The van der Waals surface area contributed by atoms with Crippen LogP contribution < -0.4 is 10.0 Å². The molecule has 2 N–H and O–H groups in total. The summed E-state index contributed by atoms with van der Waals surface area (Å²) in [5.74, 6) is -0.298.